The van der Waals surface area contributed by atoms with Crippen molar-refractivity contribution in [3.8, 4) is 0 Å². The summed E-state index contributed by atoms with van der Waals surface area (Å²) in [7, 11) is -3.55. The van der Waals surface area contributed by atoms with Crippen LogP contribution >= 0.6 is 0 Å². The van der Waals surface area contributed by atoms with Gasteiger partial charge in [-0.05, 0) is 26.0 Å². The van der Waals surface area contributed by atoms with Crippen LogP contribution in [0.5, 0.6) is 0 Å². The van der Waals surface area contributed by atoms with Crippen molar-refractivity contribution in [2.24, 2.45) is 0 Å². The molecule has 1 rings (SSSR count). The molecule has 0 aliphatic carbocycles. The topological polar surface area (TPSA) is 63.2 Å². The van der Waals surface area contributed by atoms with E-state index < -0.39 is 10.0 Å². The molecule has 17 heavy (non-hydrogen) atoms. The summed E-state index contributed by atoms with van der Waals surface area (Å²) in [5.74, 6) is -0.0960. The summed E-state index contributed by atoms with van der Waals surface area (Å²) in [6, 6.07) is 5.47. The molecule has 0 heterocycles. The molecule has 0 saturated carbocycles. The maximum atomic E-state index is 11.8. The third-order valence-corrected chi connectivity index (χ3v) is 3.84. The third-order valence-electron chi connectivity index (χ3n) is 2.27. The molecule has 1 unspecified atom stereocenters. The van der Waals surface area contributed by atoms with Gasteiger partial charge in [-0.15, -0.1) is 6.58 Å². The zero-order valence-corrected chi connectivity index (χ0v) is 10.6. The molecule has 1 aromatic rings. The van der Waals surface area contributed by atoms with Gasteiger partial charge in [0.15, 0.2) is 5.78 Å². The Morgan fingerprint density at radius 3 is 2.29 bits per heavy atom. The van der Waals surface area contributed by atoms with E-state index in [1.807, 2.05) is 0 Å². The summed E-state index contributed by atoms with van der Waals surface area (Å²) >= 11 is 0. The molecule has 0 radical (unpaired) electrons. The quantitative estimate of drug-likeness (QED) is 0.642. The van der Waals surface area contributed by atoms with Crippen LogP contribution < -0.4 is 4.72 Å². The average Bonchev–Trinajstić information content (AvgIpc) is 2.28. The van der Waals surface area contributed by atoms with Crippen molar-refractivity contribution in [3.63, 3.8) is 0 Å². The summed E-state index contributed by atoms with van der Waals surface area (Å²) in [5, 5.41) is 0. The fraction of sp³-hybridized carbons (Fsp3) is 0.250. The van der Waals surface area contributed by atoms with Crippen LogP contribution in [0.4, 0.5) is 0 Å². The first-order valence-electron chi connectivity index (χ1n) is 5.12. The van der Waals surface area contributed by atoms with Crippen molar-refractivity contribution in [1.82, 2.24) is 4.72 Å². The highest BCUT2D eigenvalue weighted by molar-refractivity contribution is 7.89. The molecule has 0 saturated heterocycles. The van der Waals surface area contributed by atoms with Gasteiger partial charge in [-0.3, -0.25) is 4.79 Å². The second kappa shape index (κ2) is 5.25. The number of nitrogens with one attached hydrogen (secondary N) is 1. The summed E-state index contributed by atoms with van der Waals surface area (Å²) < 4.78 is 26.1. The standard InChI is InChI=1S/C12H15NO3S/c1-4-9(2)13-17(15,16)12-7-5-11(6-8-12)10(3)14/h4-9,13H,1H2,2-3H3. The highest BCUT2D eigenvalue weighted by Crippen LogP contribution is 2.11. The summed E-state index contributed by atoms with van der Waals surface area (Å²) in [4.78, 5) is 11.2. The lowest BCUT2D eigenvalue weighted by Gasteiger charge is -2.10. The number of hydrogen-bond donors (Lipinski definition) is 1. The zero-order chi connectivity index (χ0) is 13.1. The third kappa shape index (κ3) is 3.51. The lowest BCUT2D eigenvalue weighted by atomic mass is 10.2. The molecular weight excluding hydrogens is 238 g/mol. The van der Waals surface area contributed by atoms with Crippen molar-refractivity contribution >= 4 is 15.8 Å². The number of Topliss-reactive ketones (excluding diaryl/α,β-unsaturated/α-hetero) is 1. The summed E-state index contributed by atoms with van der Waals surface area (Å²) in [6.45, 7) is 6.63. The van der Waals surface area contributed by atoms with Crippen LogP contribution in [0.25, 0.3) is 0 Å². The number of sulfonamides is 1. The van der Waals surface area contributed by atoms with Gasteiger partial charge in [0.1, 0.15) is 0 Å². The molecule has 92 valence electrons. The van der Waals surface area contributed by atoms with Gasteiger partial charge in [0.2, 0.25) is 10.0 Å². The van der Waals surface area contributed by atoms with Crippen LogP contribution in [0.2, 0.25) is 0 Å². The lowest BCUT2D eigenvalue weighted by molar-refractivity contribution is 0.101. The lowest BCUT2D eigenvalue weighted by Crippen LogP contribution is -2.30. The molecule has 1 atom stereocenters. The van der Waals surface area contributed by atoms with Crippen LogP contribution in [0.3, 0.4) is 0 Å². The first-order valence-corrected chi connectivity index (χ1v) is 6.61. The van der Waals surface area contributed by atoms with Crippen LogP contribution in [0.1, 0.15) is 24.2 Å². The molecule has 4 nitrogen and oxygen atoms in total. The molecular formula is C12H15NO3S. The Kier molecular flexibility index (Phi) is 4.20. The normalized spacial score (nSPS) is 13.1. The highest BCUT2D eigenvalue weighted by atomic mass is 32.2. The summed E-state index contributed by atoms with van der Waals surface area (Å²) in [6.07, 6.45) is 1.50. The number of ketones is 1. The Labute approximate surface area is 101 Å². The monoisotopic (exact) mass is 253 g/mol. The Morgan fingerprint density at radius 1 is 1.35 bits per heavy atom. The van der Waals surface area contributed by atoms with Crippen LogP contribution in [-0.4, -0.2) is 20.2 Å². The van der Waals surface area contributed by atoms with Crippen LogP contribution in [-0.2, 0) is 10.0 Å². The van der Waals surface area contributed by atoms with Gasteiger partial charge < -0.3 is 0 Å². The van der Waals surface area contributed by atoms with E-state index >= 15 is 0 Å². The molecule has 5 heteroatoms. The van der Waals surface area contributed by atoms with Gasteiger partial charge in [-0.1, -0.05) is 18.2 Å². The average molecular weight is 253 g/mol. The molecule has 0 aromatic heterocycles. The van der Waals surface area contributed by atoms with E-state index in [0.717, 1.165) is 0 Å². The fourth-order valence-electron chi connectivity index (χ4n) is 1.23. The molecule has 0 fully saturated rings. The molecule has 0 aliphatic heterocycles. The van der Waals surface area contributed by atoms with Crippen LogP contribution in [0.15, 0.2) is 41.8 Å². The minimum atomic E-state index is -3.55. The maximum absolute atomic E-state index is 11.8. The number of rotatable bonds is 5. The number of benzene rings is 1. The van der Waals surface area contributed by atoms with Crippen molar-refractivity contribution in [2.45, 2.75) is 24.8 Å². The van der Waals surface area contributed by atoms with Gasteiger partial charge >= 0.3 is 0 Å². The van der Waals surface area contributed by atoms with E-state index in [9.17, 15) is 13.2 Å². The maximum Gasteiger partial charge on any atom is 0.241 e. The predicted octanol–water partition coefficient (Wildman–Crippen LogP) is 1.74. The second-order valence-electron chi connectivity index (χ2n) is 3.73. The molecule has 0 aliphatic rings. The van der Waals surface area contributed by atoms with Crippen LogP contribution in [0, 0.1) is 0 Å². The van der Waals surface area contributed by atoms with E-state index in [1.165, 1.54) is 37.3 Å². The van der Waals surface area contributed by atoms with Crippen molar-refractivity contribution in [3.05, 3.63) is 42.5 Å². The van der Waals surface area contributed by atoms with E-state index in [-0.39, 0.29) is 16.7 Å². The predicted molar refractivity (Wildman–Crippen MR) is 66.4 cm³/mol. The minimum Gasteiger partial charge on any atom is -0.295 e. The first kappa shape index (κ1) is 13.6. The van der Waals surface area contributed by atoms with Gasteiger partial charge in [-0.25, -0.2) is 13.1 Å². The molecule has 0 bridgehead atoms. The Bertz CT molecular complexity index is 517. The Hall–Kier alpha value is -1.46. The van der Waals surface area contributed by atoms with E-state index in [0.29, 0.717) is 5.56 Å². The van der Waals surface area contributed by atoms with Gasteiger partial charge in [0.05, 0.1) is 4.90 Å². The van der Waals surface area contributed by atoms with E-state index in [1.54, 1.807) is 6.92 Å². The van der Waals surface area contributed by atoms with Gasteiger partial charge in [0, 0.05) is 11.6 Å². The minimum absolute atomic E-state index is 0.0960. The van der Waals surface area contributed by atoms with E-state index in [2.05, 4.69) is 11.3 Å². The molecule has 0 amide bonds. The Morgan fingerprint density at radius 2 is 1.88 bits per heavy atom. The van der Waals surface area contributed by atoms with E-state index in [4.69, 9.17) is 0 Å². The van der Waals surface area contributed by atoms with Crippen molar-refractivity contribution in [2.75, 3.05) is 0 Å². The molecule has 1 N–H and O–H groups in total. The highest BCUT2D eigenvalue weighted by Gasteiger charge is 2.15. The number of hydrogen-bond acceptors (Lipinski definition) is 3. The molecule has 1 aromatic carbocycles. The first-order chi connectivity index (χ1) is 7.86. The van der Waals surface area contributed by atoms with Crippen molar-refractivity contribution < 1.29 is 13.2 Å². The number of carbonyl (C=O) groups is 1. The molecule has 0 spiro atoms. The zero-order valence-electron chi connectivity index (χ0n) is 9.80. The van der Waals surface area contributed by atoms with Crippen molar-refractivity contribution in [1.29, 1.82) is 0 Å². The SMILES string of the molecule is C=CC(C)NS(=O)(=O)c1ccc(C(C)=O)cc1. The van der Waals surface area contributed by atoms with Gasteiger partial charge in [-0.2, -0.15) is 0 Å². The second-order valence-corrected chi connectivity index (χ2v) is 5.44. The largest absolute Gasteiger partial charge is 0.295 e. The smallest absolute Gasteiger partial charge is 0.241 e. The summed E-state index contributed by atoms with van der Waals surface area (Å²) in [5.41, 5.74) is 0.487. The Balaban J connectivity index is 3.00. The number of carbonyl (C=O) groups excluding carboxylic acids is 1. The van der Waals surface area contributed by atoms with Gasteiger partial charge in [0.25, 0.3) is 0 Å². The fourth-order valence-corrected chi connectivity index (χ4v) is 2.45.